The van der Waals surface area contributed by atoms with Gasteiger partial charge in [-0.25, -0.2) is 9.78 Å². The number of carbonyl (C=O) groups is 1. The summed E-state index contributed by atoms with van der Waals surface area (Å²) in [5.41, 5.74) is 1.25. The highest BCUT2D eigenvalue weighted by Gasteiger charge is 2.21. The Hall–Kier alpha value is -2.87. The Labute approximate surface area is 116 Å². The second-order valence-corrected chi connectivity index (χ2v) is 4.06. The number of aromatic nitrogens is 1. The largest absolute Gasteiger partial charge is 0.467 e. The van der Waals surface area contributed by atoms with Crippen molar-refractivity contribution in [1.29, 1.82) is 5.26 Å². The summed E-state index contributed by atoms with van der Waals surface area (Å²) >= 11 is 0. The van der Waals surface area contributed by atoms with Crippen molar-refractivity contribution in [3.05, 3.63) is 59.8 Å². The number of rotatable bonds is 4. The highest BCUT2D eigenvalue weighted by molar-refractivity contribution is 5.80. The molecule has 2 rings (SSSR count). The number of hydrogen-bond acceptors (Lipinski definition) is 5. The van der Waals surface area contributed by atoms with Gasteiger partial charge in [0.15, 0.2) is 6.04 Å². The average Bonchev–Trinajstić information content (AvgIpc) is 2.53. The van der Waals surface area contributed by atoms with Gasteiger partial charge in [0.25, 0.3) is 0 Å². The van der Waals surface area contributed by atoms with Crippen molar-refractivity contribution in [1.82, 2.24) is 4.98 Å². The SMILES string of the molecule is COC(=O)C(Nc1ccc(C#N)cn1)c1ccccc1. The zero-order valence-electron chi connectivity index (χ0n) is 10.9. The molecule has 5 heteroatoms. The van der Waals surface area contributed by atoms with Crippen molar-refractivity contribution in [2.45, 2.75) is 6.04 Å². The molecule has 1 N–H and O–H groups in total. The molecule has 20 heavy (non-hydrogen) atoms. The zero-order chi connectivity index (χ0) is 14.4. The van der Waals surface area contributed by atoms with Crippen molar-refractivity contribution >= 4 is 11.8 Å². The summed E-state index contributed by atoms with van der Waals surface area (Å²) in [4.78, 5) is 16.0. The van der Waals surface area contributed by atoms with Gasteiger partial charge in [0.2, 0.25) is 0 Å². The molecule has 1 atom stereocenters. The monoisotopic (exact) mass is 267 g/mol. The molecular formula is C15H13N3O2. The van der Waals surface area contributed by atoms with Gasteiger partial charge in [0, 0.05) is 6.20 Å². The number of nitrogens with one attached hydrogen (secondary N) is 1. The molecule has 0 spiro atoms. The molecular weight excluding hydrogens is 254 g/mol. The van der Waals surface area contributed by atoms with E-state index in [9.17, 15) is 4.79 Å². The molecule has 100 valence electrons. The summed E-state index contributed by atoms with van der Waals surface area (Å²) in [6.45, 7) is 0. The van der Waals surface area contributed by atoms with Crippen molar-refractivity contribution in [2.24, 2.45) is 0 Å². The number of nitrogens with zero attached hydrogens (tertiary/aromatic N) is 2. The fourth-order valence-corrected chi connectivity index (χ4v) is 1.73. The van der Waals surface area contributed by atoms with Gasteiger partial charge in [-0.1, -0.05) is 30.3 Å². The van der Waals surface area contributed by atoms with Crippen LogP contribution < -0.4 is 5.32 Å². The summed E-state index contributed by atoms with van der Waals surface area (Å²) in [5.74, 6) is 0.102. The number of benzene rings is 1. The Morgan fingerprint density at radius 1 is 1.30 bits per heavy atom. The maximum atomic E-state index is 11.9. The Bertz CT molecular complexity index is 618. The van der Waals surface area contributed by atoms with E-state index < -0.39 is 12.0 Å². The van der Waals surface area contributed by atoms with Crippen LogP contribution in [0.5, 0.6) is 0 Å². The third-order valence-corrected chi connectivity index (χ3v) is 2.75. The Morgan fingerprint density at radius 2 is 2.05 bits per heavy atom. The molecule has 1 aromatic carbocycles. The minimum Gasteiger partial charge on any atom is -0.467 e. The number of pyridine rings is 1. The summed E-state index contributed by atoms with van der Waals surface area (Å²) in [6.07, 6.45) is 1.45. The van der Waals surface area contributed by atoms with Gasteiger partial charge in [-0.2, -0.15) is 5.26 Å². The molecule has 5 nitrogen and oxygen atoms in total. The lowest BCUT2D eigenvalue weighted by Gasteiger charge is -2.17. The Morgan fingerprint density at radius 3 is 2.60 bits per heavy atom. The maximum Gasteiger partial charge on any atom is 0.333 e. The van der Waals surface area contributed by atoms with Crippen LogP contribution in [0.15, 0.2) is 48.7 Å². The molecule has 0 aliphatic carbocycles. The third kappa shape index (κ3) is 3.12. The van der Waals surface area contributed by atoms with Crippen LogP contribution in [0.2, 0.25) is 0 Å². The Balaban J connectivity index is 2.24. The van der Waals surface area contributed by atoms with Crippen molar-refractivity contribution in [3.8, 4) is 6.07 Å². The van der Waals surface area contributed by atoms with Crippen molar-refractivity contribution in [2.75, 3.05) is 12.4 Å². The molecule has 1 unspecified atom stereocenters. The minimum absolute atomic E-state index is 0.401. The van der Waals surface area contributed by atoms with Crippen LogP contribution in [0, 0.1) is 11.3 Å². The van der Waals surface area contributed by atoms with E-state index in [4.69, 9.17) is 10.00 Å². The van der Waals surface area contributed by atoms with E-state index >= 15 is 0 Å². The topological polar surface area (TPSA) is 75.0 Å². The predicted molar refractivity (Wildman–Crippen MR) is 73.8 cm³/mol. The lowest BCUT2D eigenvalue weighted by molar-refractivity contribution is -0.141. The van der Waals surface area contributed by atoms with E-state index in [2.05, 4.69) is 10.3 Å². The Kier molecular flexibility index (Phi) is 4.30. The van der Waals surface area contributed by atoms with E-state index in [1.54, 1.807) is 12.1 Å². The van der Waals surface area contributed by atoms with Crippen LogP contribution in [-0.4, -0.2) is 18.1 Å². The normalized spacial score (nSPS) is 11.2. The molecule has 0 aliphatic rings. The summed E-state index contributed by atoms with van der Waals surface area (Å²) in [5, 5.41) is 11.7. The lowest BCUT2D eigenvalue weighted by atomic mass is 10.1. The van der Waals surface area contributed by atoms with E-state index in [0.717, 1.165) is 5.56 Å². The van der Waals surface area contributed by atoms with Gasteiger partial charge in [-0.15, -0.1) is 0 Å². The number of methoxy groups -OCH3 is 1. The minimum atomic E-state index is -0.637. The number of ether oxygens (including phenoxy) is 1. The van der Waals surface area contributed by atoms with Crippen molar-refractivity contribution < 1.29 is 9.53 Å². The van der Waals surface area contributed by atoms with E-state index in [-0.39, 0.29) is 0 Å². The molecule has 0 saturated carbocycles. The van der Waals surface area contributed by atoms with Crippen LogP contribution in [0.25, 0.3) is 0 Å². The first-order chi connectivity index (χ1) is 9.74. The van der Waals surface area contributed by atoms with Crippen molar-refractivity contribution in [3.63, 3.8) is 0 Å². The smallest absolute Gasteiger partial charge is 0.333 e. The van der Waals surface area contributed by atoms with Gasteiger partial charge in [0.1, 0.15) is 11.9 Å². The van der Waals surface area contributed by atoms with Gasteiger partial charge >= 0.3 is 5.97 Å². The third-order valence-electron chi connectivity index (χ3n) is 2.75. The second-order valence-electron chi connectivity index (χ2n) is 4.06. The number of carbonyl (C=O) groups excluding carboxylic acids is 1. The van der Waals surface area contributed by atoms with Crippen LogP contribution >= 0.6 is 0 Å². The van der Waals surface area contributed by atoms with E-state index in [1.165, 1.54) is 13.3 Å². The van der Waals surface area contributed by atoms with Gasteiger partial charge in [0.05, 0.1) is 12.7 Å². The molecule has 0 amide bonds. The summed E-state index contributed by atoms with van der Waals surface area (Å²) in [6, 6.07) is 13.9. The first-order valence-electron chi connectivity index (χ1n) is 6.00. The van der Waals surface area contributed by atoms with E-state index in [1.807, 2.05) is 36.4 Å². The van der Waals surface area contributed by atoms with Crippen LogP contribution in [0.1, 0.15) is 17.2 Å². The van der Waals surface area contributed by atoms with Gasteiger partial charge in [-0.3, -0.25) is 0 Å². The highest BCUT2D eigenvalue weighted by Crippen LogP contribution is 2.19. The number of esters is 1. The maximum absolute atomic E-state index is 11.9. The van der Waals surface area contributed by atoms with Crippen LogP contribution in [0.3, 0.4) is 0 Å². The molecule has 1 aromatic heterocycles. The number of hydrogen-bond donors (Lipinski definition) is 1. The molecule has 0 aliphatic heterocycles. The first kappa shape index (κ1) is 13.6. The highest BCUT2D eigenvalue weighted by atomic mass is 16.5. The van der Waals surface area contributed by atoms with Gasteiger partial charge < -0.3 is 10.1 Å². The molecule has 0 fully saturated rings. The zero-order valence-corrected chi connectivity index (χ0v) is 10.9. The quantitative estimate of drug-likeness (QED) is 0.860. The number of nitriles is 1. The molecule has 1 heterocycles. The molecule has 2 aromatic rings. The fourth-order valence-electron chi connectivity index (χ4n) is 1.73. The molecule has 0 bridgehead atoms. The summed E-state index contributed by atoms with van der Waals surface area (Å²) in [7, 11) is 1.34. The van der Waals surface area contributed by atoms with Crippen LogP contribution in [-0.2, 0) is 9.53 Å². The second kappa shape index (κ2) is 6.34. The standard InChI is InChI=1S/C15H13N3O2/c1-20-15(19)14(12-5-3-2-4-6-12)18-13-8-7-11(9-16)10-17-13/h2-8,10,14H,1H3,(H,17,18). The first-order valence-corrected chi connectivity index (χ1v) is 6.00. The predicted octanol–water partition coefficient (Wildman–Crippen LogP) is 2.28. The summed E-state index contributed by atoms with van der Waals surface area (Å²) < 4.78 is 4.80. The lowest BCUT2D eigenvalue weighted by Crippen LogP contribution is -2.22. The van der Waals surface area contributed by atoms with Gasteiger partial charge in [-0.05, 0) is 17.7 Å². The molecule has 0 saturated heterocycles. The number of anilines is 1. The fraction of sp³-hybridized carbons (Fsp3) is 0.133. The van der Waals surface area contributed by atoms with E-state index in [0.29, 0.717) is 11.4 Å². The van der Waals surface area contributed by atoms with Crippen LogP contribution in [0.4, 0.5) is 5.82 Å². The molecule has 0 radical (unpaired) electrons. The average molecular weight is 267 g/mol.